The van der Waals surface area contributed by atoms with E-state index in [4.69, 9.17) is 5.11 Å². The zero-order valence-electron chi connectivity index (χ0n) is 12.2. The first-order valence-corrected chi connectivity index (χ1v) is 7.76. The SMILES string of the molecule is CC(CNC(=O)Cc1csc(-c2cccnc2)n1)CC(=O)O. The van der Waals surface area contributed by atoms with Gasteiger partial charge in [0.15, 0.2) is 0 Å². The normalized spacial score (nSPS) is 11.9. The molecule has 116 valence electrons. The molecule has 2 aromatic rings. The summed E-state index contributed by atoms with van der Waals surface area (Å²) in [5.74, 6) is -1.11. The third-order valence-electron chi connectivity index (χ3n) is 2.97. The number of aliphatic carboxylic acids is 1. The molecule has 0 aliphatic carbocycles. The summed E-state index contributed by atoms with van der Waals surface area (Å²) in [6.45, 7) is 2.14. The van der Waals surface area contributed by atoms with Crippen molar-refractivity contribution in [2.45, 2.75) is 19.8 Å². The van der Waals surface area contributed by atoms with E-state index in [0.29, 0.717) is 12.2 Å². The van der Waals surface area contributed by atoms with Gasteiger partial charge in [-0.05, 0) is 18.1 Å². The molecule has 2 rings (SSSR count). The second kappa shape index (κ2) is 7.65. The number of pyridine rings is 1. The van der Waals surface area contributed by atoms with Gasteiger partial charge >= 0.3 is 5.97 Å². The van der Waals surface area contributed by atoms with Crippen LogP contribution in [0.2, 0.25) is 0 Å². The van der Waals surface area contributed by atoms with Crippen LogP contribution in [0.5, 0.6) is 0 Å². The standard InChI is InChI=1S/C15H17N3O3S/c1-10(5-14(20)21)7-17-13(19)6-12-9-22-15(18-12)11-3-2-4-16-8-11/h2-4,8-10H,5-7H2,1H3,(H,17,19)(H,20,21). The second-order valence-electron chi connectivity index (χ2n) is 5.07. The number of carbonyl (C=O) groups excluding carboxylic acids is 1. The quantitative estimate of drug-likeness (QED) is 0.814. The molecule has 22 heavy (non-hydrogen) atoms. The van der Waals surface area contributed by atoms with Crippen molar-refractivity contribution in [3.8, 4) is 10.6 Å². The maximum absolute atomic E-state index is 11.8. The molecule has 6 nitrogen and oxygen atoms in total. The van der Waals surface area contributed by atoms with Crippen LogP contribution in [0.4, 0.5) is 0 Å². The minimum atomic E-state index is -0.859. The smallest absolute Gasteiger partial charge is 0.303 e. The van der Waals surface area contributed by atoms with Crippen molar-refractivity contribution in [1.29, 1.82) is 0 Å². The third kappa shape index (κ3) is 4.92. The van der Waals surface area contributed by atoms with Gasteiger partial charge in [0, 0.05) is 36.3 Å². The second-order valence-corrected chi connectivity index (χ2v) is 5.93. The van der Waals surface area contributed by atoms with E-state index in [1.165, 1.54) is 11.3 Å². The molecule has 2 N–H and O–H groups in total. The average Bonchev–Trinajstić information content (AvgIpc) is 2.94. The van der Waals surface area contributed by atoms with Crippen LogP contribution < -0.4 is 5.32 Å². The summed E-state index contributed by atoms with van der Waals surface area (Å²) in [6.07, 6.45) is 3.67. The van der Waals surface area contributed by atoms with E-state index in [1.807, 2.05) is 17.5 Å². The number of carbonyl (C=O) groups is 2. The number of aromatic nitrogens is 2. The molecule has 1 atom stereocenters. The molecule has 0 bridgehead atoms. The first kappa shape index (κ1) is 16.1. The van der Waals surface area contributed by atoms with E-state index < -0.39 is 5.97 Å². The van der Waals surface area contributed by atoms with E-state index in [1.54, 1.807) is 19.3 Å². The van der Waals surface area contributed by atoms with E-state index in [0.717, 1.165) is 10.6 Å². The maximum atomic E-state index is 11.8. The van der Waals surface area contributed by atoms with Gasteiger partial charge in [-0.3, -0.25) is 14.6 Å². The Morgan fingerprint density at radius 1 is 1.45 bits per heavy atom. The summed E-state index contributed by atoms with van der Waals surface area (Å²) in [5, 5.41) is 14.1. The van der Waals surface area contributed by atoms with Crippen LogP contribution >= 0.6 is 11.3 Å². The van der Waals surface area contributed by atoms with Gasteiger partial charge in [0.25, 0.3) is 0 Å². The zero-order chi connectivity index (χ0) is 15.9. The van der Waals surface area contributed by atoms with E-state index in [2.05, 4.69) is 15.3 Å². The lowest BCUT2D eigenvalue weighted by atomic mass is 10.1. The monoisotopic (exact) mass is 319 g/mol. The largest absolute Gasteiger partial charge is 0.481 e. The number of carboxylic acids is 1. The lowest BCUT2D eigenvalue weighted by molar-refractivity contribution is -0.138. The van der Waals surface area contributed by atoms with Gasteiger partial charge in [-0.25, -0.2) is 4.98 Å². The zero-order valence-corrected chi connectivity index (χ0v) is 13.0. The van der Waals surface area contributed by atoms with Gasteiger partial charge in [-0.1, -0.05) is 6.92 Å². The van der Waals surface area contributed by atoms with Crippen LogP contribution in [0.25, 0.3) is 10.6 Å². The van der Waals surface area contributed by atoms with Crippen LogP contribution in [0.15, 0.2) is 29.9 Å². The summed E-state index contributed by atoms with van der Waals surface area (Å²) in [7, 11) is 0. The Labute approximate surface area is 132 Å². The van der Waals surface area contributed by atoms with Crippen molar-refractivity contribution < 1.29 is 14.7 Å². The van der Waals surface area contributed by atoms with E-state index >= 15 is 0 Å². The average molecular weight is 319 g/mol. The van der Waals surface area contributed by atoms with Crippen molar-refractivity contribution in [3.05, 3.63) is 35.6 Å². The number of hydrogen-bond acceptors (Lipinski definition) is 5. The molecule has 1 amide bonds. The summed E-state index contributed by atoms with van der Waals surface area (Å²) in [4.78, 5) is 30.9. The molecule has 2 heterocycles. The fourth-order valence-corrected chi connectivity index (χ4v) is 2.71. The van der Waals surface area contributed by atoms with Gasteiger partial charge in [0.1, 0.15) is 5.01 Å². The van der Waals surface area contributed by atoms with Gasteiger partial charge in [0.05, 0.1) is 12.1 Å². The van der Waals surface area contributed by atoms with Crippen LogP contribution in [0, 0.1) is 5.92 Å². The summed E-state index contributed by atoms with van der Waals surface area (Å²) in [5.41, 5.74) is 1.63. The van der Waals surface area contributed by atoms with Crippen LogP contribution in [0.1, 0.15) is 19.0 Å². The number of thiazole rings is 1. The van der Waals surface area contributed by atoms with E-state index in [-0.39, 0.29) is 24.7 Å². The highest BCUT2D eigenvalue weighted by molar-refractivity contribution is 7.13. The van der Waals surface area contributed by atoms with Crippen LogP contribution in [-0.2, 0) is 16.0 Å². The van der Waals surface area contributed by atoms with Gasteiger partial charge in [0.2, 0.25) is 5.91 Å². The van der Waals surface area contributed by atoms with E-state index in [9.17, 15) is 9.59 Å². The predicted octanol–water partition coefficient (Wildman–Crippen LogP) is 1.97. The molecule has 0 aliphatic heterocycles. The molecule has 0 radical (unpaired) electrons. The lowest BCUT2D eigenvalue weighted by Gasteiger charge is -2.09. The predicted molar refractivity (Wildman–Crippen MR) is 83.5 cm³/mol. The Balaban J connectivity index is 1.85. The minimum absolute atomic E-state index is 0.0438. The number of hydrogen-bond donors (Lipinski definition) is 2. The molecule has 0 spiro atoms. The molecule has 2 aromatic heterocycles. The number of carboxylic acid groups (broad SMARTS) is 1. The van der Waals surface area contributed by atoms with Crippen molar-refractivity contribution in [2.24, 2.45) is 5.92 Å². The Morgan fingerprint density at radius 2 is 2.27 bits per heavy atom. The molecular formula is C15H17N3O3S. The maximum Gasteiger partial charge on any atom is 0.303 e. The number of nitrogens with one attached hydrogen (secondary N) is 1. The highest BCUT2D eigenvalue weighted by Gasteiger charge is 2.12. The van der Waals surface area contributed by atoms with Crippen LogP contribution in [-0.4, -0.2) is 33.5 Å². The van der Waals surface area contributed by atoms with Crippen molar-refractivity contribution in [3.63, 3.8) is 0 Å². The number of rotatable bonds is 7. The van der Waals surface area contributed by atoms with Crippen LogP contribution in [0.3, 0.4) is 0 Å². The Bertz CT molecular complexity index is 642. The molecule has 0 fully saturated rings. The highest BCUT2D eigenvalue weighted by Crippen LogP contribution is 2.22. The number of amides is 1. The molecule has 1 unspecified atom stereocenters. The lowest BCUT2D eigenvalue weighted by Crippen LogP contribution is -2.30. The molecule has 0 saturated carbocycles. The van der Waals surface area contributed by atoms with Gasteiger partial charge < -0.3 is 10.4 Å². The fraction of sp³-hybridized carbons (Fsp3) is 0.333. The molecule has 0 saturated heterocycles. The Kier molecular flexibility index (Phi) is 5.60. The first-order chi connectivity index (χ1) is 10.5. The summed E-state index contributed by atoms with van der Waals surface area (Å²) < 4.78 is 0. The van der Waals surface area contributed by atoms with Crippen molar-refractivity contribution in [2.75, 3.05) is 6.54 Å². The third-order valence-corrected chi connectivity index (χ3v) is 3.91. The Hall–Kier alpha value is -2.28. The van der Waals surface area contributed by atoms with Crippen molar-refractivity contribution in [1.82, 2.24) is 15.3 Å². The van der Waals surface area contributed by atoms with Gasteiger partial charge in [-0.2, -0.15) is 0 Å². The number of nitrogens with zero attached hydrogens (tertiary/aromatic N) is 2. The summed E-state index contributed by atoms with van der Waals surface area (Å²) in [6, 6.07) is 3.76. The summed E-state index contributed by atoms with van der Waals surface area (Å²) >= 11 is 1.47. The fourth-order valence-electron chi connectivity index (χ4n) is 1.90. The Morgan fingerprint density at radius 3 is 2.95 bits per heavy atom. The highest BCUT2D eigenvalue weighted by atomic mass is 32.1. The molecule has 0 aromatic carbocycles. The molecule has 7 heteroatoms. The van der Waals surface area contributed by atoms with Gasteiger partial charge in [-0.15, -0.1) is 11.3 Å². The minimum Gasteiger partial charge on any atom is -0.481 e. The topological polar surface area (TPSA) is 92.2 Å². The van der Waals surface area contributed by atoms with Crippen molar-refractivity contribution >= 4 is 23.2 Å². The first-order valence-electron chi connectivity index (χ1n) is 6.88. The molecule has 0 aliphatic rings. The molecular weight excluding hydrogens is 302 g/mol.